The van der Waals surface area contributed by atoms with E-state index >= 15 is 0 Å². The molecular weight excluding hydrogens is 452 g/mol. The van der Waals surface area contributed by atoms with Gasteiger partial charge in [-0.05, 0) is 71.4 Å². The molecule has 1 aliphatic carbocycles. The van der Waals surface area contributed by atoms with Crippen LogP contribution in [-0.2, 0) is 0 Å². The first kappa shape index (κ1) is 21.6. The number of ketones is 1. The summed E-state index contributed by atoms with van der Waals surface area (Å²) in [5.74, 6) is -0.0869. The highest BCUT2D eigenvalue weighted by Crippen LogP contribution is 2.57. The van der Waals surface area contributed by atoms with E-state index in [0.717, 1.165) is 35.4 Å². The van der Waals surface area contributed by atoms with Crippen LogP contribution < -0.4 is 5.73 Å². The van der Waals surface area contributed by atoms with Gasteiger partial charge in [0.2, 0.25) is 5.78 Å². The number of nitrogens with two attached hydrogens (primary N) is 1. The van der Waals surface area contributed by atoms with Gasteiger partial charge >= 0.3 is 0 Å². The summed E-state index contributed by atoms with van der Waals surface area (Å²) in [6.45, 7) is 0. The Morgan fingerprint density at radius 2 is 1.69 bits per heavy atom. The third-order valence-corrected chi connectivity index (χ3v) is 7.99. The second-order valence-corrected chi connectivity index (χ2v) is 9.91. The van der Waals surface area contributed by atoms with E-state index in [-0.39, 0.29) is 11.0 Å². The number of nitrogen functional groups attached to an aromatic ring is 1. The van der Waals surface area contributed by atoms with Crippen molar-refractivity contribution in [2.75, 3.05) is 5.73 Å². The van der Waals surface area contributed by atoms with Crippen molar-refractivity contribution < 1.29 is 4.79 Å². The smallest absolute Gasteiger partial charge is 0.211 e. The molecule has 6 rings (SSSR count). The molecule has 1 atom stereocenters. The fourth-order valence-electron chi connectivity index (χ4n) is 5.05. The lowest BCUT2D eigenvalue weighted by molar-refractivity contribution is 0.103. The molecule has 1 unspecified atom stereocenters. The minimum absolute atomic E-state index is 0.0869. The maximum atomic E-state index is 13.4. The lowest BCUT2D eigenvalue weighted by Gasteiger charge is -2.33. The number of carbonyl (C=O) groups is 1. The minimum Gasteiger partial charge on any atom is -0.396 e. The summed E-state index contributed by atoms with van der Waals surface area (Å²) in [7, 11) is 0. The summed E-state index contributed by atoms with van der Waals surface area (Å²) in [4.78, 5) is 25.2. The zero-order chi connectivity index (χ0) is 23.8. The van der Waals surface area contributed by atoms with Gasteiger partial charge in [-0.3, -0.25) is 14.8 Å². The zero-order valence-electron chi connectivity index (χ0n) is 19.1. The SMILES string of the molecule is Nc1c(C(=O)c2ccccc2)[nH]c2c1C1=C(CCCC1=Cc1ccncc1)C(c1ccncc1)S2. The van der Waals surface area contributed by atoms with Crippen molar-refractivity contribution >= 4 is 34.9 Å². The first-order chi connectivity index (χ1) is 17.2. The van der Waals surface area contributed by atoms with Gasteiger partial charge in [-0.25, -0.2) is 0 Å². The Morgan fingerprint density at radius 3 is 2.43 bits per heavy atom. The molecule has 172 valence electrons. The minimum atomic E-state index is -0.0869. The molecule has 1 aromatic carbocycles. The molecule has 6 heteroatoms. The predicted octanol–water partition coefficient (Wildman–Crippen LogP) is 6.49. The van der Waals surface area contributed by atoms with Crippen LogP contribution in [0, 0.1) is 0 Å². The molecule has 0 spiro atoms. The summed E-state index contributed by atoms with van der Waals surface area (Å²) in [5.41, 5.74) is 15.5. The van der Waals surface area contributed by atoms with Gasteiger partial charge in [0.05, 0.1) is 16.0 Å². The number of H-pyrrole nitrogens is 1. The second kappa shape index (κ2) is 9.04. The number of allylic oxidation sites excluding steroid dienone is 2. The Labute approximate surface area is 208 Å². The molecule has 4 heterocycles. The van der Waals surface area contributed by atoms with E-state index in [4.69, 9.17) is 5.73 Å². The summed E-state index contributed by atoms with van der Waals surface area (Å²) in [6.07, 6.45) is 12.6. The quantitative estimate of drug-likeness (QED) is 0.329. The average molecular weight is 477 g/mol. The third kappa shape index (κ3) is 3.90. The Hall–Kier alpha value is -3.90. The number of thioether (sulfide) groups is 1. The number of benzene rings is 1. The van der Waals surface area contributed by atoms with Crippen molar-refractivity contribution in [1.29, 1.82) is 0 Å². The van der Waals surface area contributed by atoms with Crippen LogP contribution in [0.5, 0.6) is 0 Å². The van der Waals surface area contributed by atoms with E-state index in [1.807, 2.05) is 67.3 Å². The van der Waals surface area contributed by atoms with Crippen molar-refractivity contribution in [2.45, 2.75) is 29.5 Å². The molecule has 0 bridgehead atoms. The van der Waals surface area contributed by atoms with Crippen LogP contribution in [0.2, 0.25) is 0 Å². The second-order valence-electron chi connectivity index (χ2n) is 8.80. The van der Waals surface area contributed by atoms with Gasteiger partial charge in [-0.2, -0.15) is 0 Å². The number of nitrogens with zero attached hydrogens (tertiary/aromatic N) is 2. The van der Waals surface area contributed by atoms with Gasteiger partial charge in [0.15, 0.2) is 0 Å². The molecule has 2 aliphatic rings. The van der Waals surface area contributed by atoms with Crippen LogP contribution in [0.1, 0.15) is 57.3 Å². The summed E-state index contributed by atoms with van der Waals surface area (Å²) >= 11 is 1.74. The van der Waals surface area contributed by atoms with Crippen LogP contribution in [0.15, 0.2) is 95.6 Å². The molecule has 0 amide bonds. The molecule has 35 heavy (non-hydrogen) atoms. The molecule has 5 nitrogen and oxygen atoms in total. The van der Waals surface area contributed by atoms with Crippen molar-refractivity contribution in [2.24, 2.45) is 0 Å². The predicted molar refractivity (Wildman–Crippen MR) is 141 cm³/mol. The van der Waals surface area contributed by atoms with Crippen LogP contribution in [-0.4, -0.2) is 20.7 Å². The Morgan fingerprint density at radius 1 is 0.971 bits per heavy atom. The van der Waals surface area contributed by atoms with Gasteiger partial charge in [0.25, 0.3) is 0 Å². The van der Waals surface area contributed by atoms with E-state index < -0.39 is 0 Å². The fourth-order valence-corrected chi connectivity index (χ4v) is 6.45. The Kier molecular flexibility index (Phi) is 5.58. The number of pyridine rings is 2. The standard InChI is InChI=1S/C29H24N4OS/c30-25-24-23-21(17-18-9-13-31-14-10-18)7-4-8-22(23)28(20-11-15-32-16-12-20)35-29(24)33-26(25)27(34)19-5-2-1-3-6-19/h1-3,5-6,9-17,28,33H,4,7-8,30H2. The highest BCUT2D eigenvalue weighted by atomic mass is 32.2. The molecule has 3 aromatic heterocycles. The Balaban J connectivity index is 1.55. The van der Waals surface area contributed by atoms with Crippen LogP contribution in [0.4, 0.5) is 5.69 Å². The number of aromatic amines is 1. The fraction of sp³-hybridized carbons (Fsp3) is 0.138. The first-order valence-electron chi connectivity index (χ1n) is 11.7. The first-order valence-corrected chi connectivity index (χ1v) is 12.6. The maximum Gasteiger partial charge on any atom is 0.211 e. The van der Waals surface area contributed by atoms with Gasteiger partial charge in [-0.1, -0.05) is 48.2 Å². The number of rotatable bonds is 4. The largest absolute Gasteiger partial charge is 0.396 e. The van der Waals surface area contributed by atoms with Crippen LogP contribution >= 0.6 is 11.8 Å². The lowest BCUT2D eigenvalue weighted by atomic mass is 9.80. The molecular formula is C29H24N4OS. The Bertz CT molecular complexity index is 1460. The molecule has 0 saturated heterocycles. The summed E-state index contributed by atoms with van der Waals surface area (Å²) in [6, 6.07) is 17.5. The van der Waals surface area contributed by atoms with E-state index in [1.54, 1.807) is 11.8 Å². The van der Waals surface area contributed by atoms with Gasteiger partial charge in [0.1, 0.15) is 5.69 Å². The van der Waals surface area contributed by atoms with Crippen molar-refractivity contribution in [3.8, 4) is 0 Å². The molecule has 0 fully saturated rings. The van der Waals surface area contributed by atoms with Gasteiger partial charge in [0, 0.05) is 35.9 Å². The molecule has 1 aliphatic heterocycles. The highest BCUT2D eigenvalue weighted by molar-refractivity contribution is 7.99. The molecule has 0 saturated carbocycles. The van der Waals surface area contributed by atoms with Gasteiger partial charge < -0.3 is 10.7 Å². The topological polar surface area (TPSA) is 84.7 Å². The van der Waals surface area contributed by atoms with Crippen molar-refractivity contribution in [1.82, 2.24) is 15.0 Å². The van der Waals surface area contributed by atoms with Crippen molar-refractivity contribution in [3.05, 3.63) is 118 Å². The monoisotopic (exact) mass is 476 g/mol. The van der Waals surface area contributed by atoms with E-state index in [2.05, 4.69) is 33.2 Å². The number of carbonyl (C=O) groups excluding carboxylic acids is 1. The number of hydrogen-bond donors (Lipinski definition) is 2. The highest BCUT2D eigenvalue weighted by Gasteiger charge is 2.36. The molecule has 4 aromatic rings. The number of nitrogens with one attached hydrogen (secondary N) is 1. The third-order valence-electron chi connectivity index (χ3n) is 6.66. The van der Waals surface area contributed by atoms with Crippen molar-refractivity contribution in [3.63, 3.8) is 0 Å². The summed E-state index contributed by atoms with van der Waals surface area (Å²) in [5, 5.41) is 1.09. The number of aromatic nitrogens is 3. The normalized spacial score (nSPS) is 18.3. The number of anilines is 1. The molecule has 3 N–H and O–H groups in total. The van der Waals surface area contributed by atoms with Gasteiger partial charge in [-0.15, -0.1) is 0 Å². The van der Waals surface area contributed by atoms with E-state index in [1.165, 1.54) is 22.3 Å². The average Bonchev–Trinajstić information content (AvgIpc) is 3.25. The summed E-state index contributed by atoms with van der Waals surface area (Å²) < 4.78 is 0. The van der Waals surface area contributed by atoms with E-state index in [9.17, 15) is 4.79 Å². The number of fused-ring (bicyclic) bond motifs is 2. The van der Waals surface area contributed by atoms with Crippen LogP contribution in [0.3, 0.4) is 0 Å². The number of hydrogen-bond acceptors (Lipinski definition) is 5. The molecule has 0 radical (unpaired) electrons. The lowest BCUT2D eigenvalue weighted by Crippen LogP contribution is -2.14. The van der Waals surface area contributed by atoms with E-state index in [0.29, 0.717) is 16.9 Å². The zero-order valence-corrected chi connectivity index (χ0v) is 19.9. The van der Waals surface area contributed by atoms with Crippen LogP contribution in [0.25, 0.3) is 11.6 Å². The maximum absolute atomic E-state index is 13.4.